The van der Waals surface area contributed by atoms with Gasteiger partial charge in [-0.2, -0.15) is 0 Å². The summed E-state index contributed by atoms with van der Waals surface area (Å²) in [7, 11) is 0. The van der Waals surface area contributed by atoms with Gasteiger partial charge < -0.3 is 5.11 Å². The van der Waals surface area contributed by atoms with Crippen molar-refractivity contribution in [1.29, 1.82) is 0 Å². The van der Waals surface area contributed by atoms with E-state index in [9.17, 15) is 9.90 Å². The molecule has 1 N–H and O–H groups in total. The maximum absolute atomic E-state index is 11.3. The second-order valence-electron chi connectivity index (χ2n) is 4.68. The molecule has 13 heavy (non-hydrogen) atoms. The molecule has 0 aliphatic heterocycles. The van der Waals surface area contributed by atoms with Gasteiger partial charge in [0.2, 0.25) is 0 Å². The molecule has 0 saturated heterocycles. The topological polar surface area (TPSA) is 37.3 Å². The lowest BCUT2D eigenvalue weighted by atomic mass is 9.65. The van der Waals surface area contributed by atoms with Gasteiger partial charge in [0, 0.05) is 18.3 Å². The minimum atomic E-state index is -0.778. The van der Waals surface area contributed by atoms with Gasteiger partial charge in [0.25, 0.3) is 0 Å². The van der Waals surface area contributed by atoms with Crippen molar-refractivity contribution in [2.24, 2.45) is 5.41 Å². The summed E-state index contributed by atoms with van der Waals surface area (Å²) in [5.74, 6) is 0.203. The van der Waals surface area contributed by atoms with Crippen molar-refractivity contribution in [3.05, 3.63) is 12.2 Å². The zero-order chi connectivity index (χ0) is 9.69. The Morgan fingerprint density at radius 3 is 2.77 bits per heavy atom. The predicted molar refractivity (Wildman–Crippen MR) is 50.3 cm³/mol. The number of carbonyl (C=O) groups is 1. The second kappa shape index (κ2) is 2.44. The molecule has 2 fully saturated rings. The van der Waals surface area contributed by atoms with Crippen LogP contribution in [0.25, 0.3) is 0 Å². The Morgan fingerprint density at radius 1 is 1.38 bits per heavy atom. The van der Waals surface area contributed by atoms with Gasteiger partial charge in [-0.05, 0) is 19.3 Å². The number of aliphatic hydroxyl groups is 1. The van der Waals surface area contributed by atoms with Crippen molar-refractivity contribution < 1.29 is 9.90 Å². The molecule has 2 nitrogen and oxygen atoms in total. The molecular formula is C11H16O2. The third-order valence-corrected chi connectivity index (χ3v) is 4.04. The zero-order valence-corrected chi connectivity index (χ0v) is 8.10. The van der Waals surface area contributed by atoms with Gasteiger partial charge in [-0.3, -0.25) is 4.79 Å². The Bertz CT molecular complexity index is 282. The van der Waals surface area contributed by atoms with Crippen LogP contribution in [0.15, 0.2) is 12.2 Å². The van der Waals surface area contributed by atoms with Gasteiger partial charge in [-0.15, -0.1) is 0 Å². The minimum Gasteiger partial charge on any atom is -0.389 e. The van der Waals surface area contributed by atoms with E-state index in [2.05, 4.69) is 13.5 Å². The Kier molecular flexibility index (Phi) is 1.68. The van der Waals surface area contributed by atoms with E-state index >= 15 is 0 Å². The molecule has 72 valence electrons. The standard InChI is InChI=1S/C11H16O2/c1-8-3-6-11(13)7-9(12)4-5-10(8,11)2/h13H,1,3-7H2,2H3/t10-,11+/m1/s1. The average Bonchev–Trinajstić information content (AvgIpc) is 2.28. The molecule has 0 aromatic carbocycles. The van der Waals surface area contributed by atoms with Crippen LogP contribution in [0.1, 0.15) is 39.0 Å². The fourth-order valence-electron chi connectivity index (χ4n) is 2.74. The molecular weight excluding hydrogens is 164 g/mol. The summed E-state index contributed by atoms with van der Waals surface area (Å²) in [5, 5.41) is 10.3. The average molecular weight is 180 g/mol. The zero-order valence-electron chi connectivity index (χ0n) is 8.10. The number of hydrogen-bond acceptors (Lipinski definition) is 2. The van der Waals surface area contributed by atoms with Crippen LogP contribution in [-0.4, -0.2) is 16.5 Å². The van der Waals surface area contributed by atoms with E-state index in [0.29, 0.717) is 19.3 Å². The Labute approximate surface area is 78.6 Å². The van der Waals surface area contributed by atoms with Gasteiger partial charge in [0.1, 0.15) is 5.78 Å². The third-order valence-electron chi connectivity index (χ3n) is 4.04. The van der Waals surface area contributed by atoms with Crippen LogP contribution in [0, 0.1) is 5.41 Å². The van der Waals surface area contributed by atoms with Crippen LogP contribution in [0.3, 0.4) is 0 Å². The summed E-state index contributed by atoms with van der Waals surface area (Å²) in [4.78, 5) is 11.3. The SMILES string of the molecule is C=C1CC[C@]2(O)CC(=O)CC[C@]12C. The van der Waals surface area contributed by atoms with Crippen LogP contribution < -0.4 is 0 Å². The van der Waals surface area contributed by atoms with Gasteiger partial charge in [-0.1, -0.05) is 19.1 Å². The van der Waals surface area contributed by atoms with Crippen molar-refractivity contribution in [1.82, 2.24) is 0 Å². The molecule has 2 aliphatic carbocycles. The number of ketones is 1. The van der Waals surface area contributed by atoms with Crippen molar-refractivity contribution in [2.75, 3.05) is 0 Å². The van der Waals surface area contributed by atoms with Crippen molar-refractivity contribution in [3.63, 3.8) is 0 Å². The monoisotopic (exact) mass is 180 g/mol. The molecule has 0 bridgehead atoms. The molecule has 2 aliphatic rings. The van der Waals surface area contributed by atoms with E-state index in [4.69, 9.17) is 0 Å². The summed E-state index contributed by atoms with van der Waals surface area (Å²) in [6, 6.07) is 0. The number of carbonyl (C=O) groups excluding carboxylic acids is 1. The Morgan fingerprint density at radius 2 is 2.08 bits per heavy atom. The summed E-state index contributed by atoms with van der Waals surface area (Å²) >= 11 is 0. The molecule has 0 unspecified atom stereocenters. The normalized spacial score (nSPS) is 45.1. The smallest absolute Gasteiger partial charge is 0.135 e. The first-order valence-electron chi connectivity index (χ1n) is 4.90. The van der Waals surface area contributed by atoms with Crippen LogP contribution >= 0.6 is 0 Å². The third kappa shape index (κ3) is 1.01. The highest BCUT2D eigenvalue weighted by Crippen LogP contribution is 2.56. The van der Waals surface area contributed by atoms with Crippen LogP contribution in [-0.2, 0) is 4.79 Å². The van der Waals surface area contributed by atoms with E-state index in [0.717, 1.165) is 18.4 Å². The first-order valence-corrected chi connectivity index (χ1v) is 4.90. The van der Waals surface area contributed by atoms with Crippen LogP contribution in [0.5, 0.6) is 0 Å². The van der Waals surface area contributed by atoms with E-state index in [-0.39, 0.29) is 11.2 Å². The molecule has 0 amide bonds. The number of hydrogen-bond donors (Lipinski definition) is 1. The largest absolute Gasteiger partial charge is 0.389 e. The quantitative estimate of drug-likeness (QED) is 0.577. The summed E-state index contributed by atoms with van der Waals surface area (Å²) in [6.45, 7) is 6.06. The van der Waals surface area contributed by atoms with E-state index in [1.165, 1.54) is 0 Å². The van der Waals surface area contributed by atoms with Gasteiger partial charge in [-0.25, -0.2) is 0 Å². The van der Waals surface area contributed by atoms with Crippen LogP contribution in [0.4, 0.5) is 0 Å². The maximum Gasteiger partial charge on any atom is 0.135 e. The van der Waals surface area contributed by atoms with E-state index in [1.54, 1.807) is 0 Å². The first kappa shape index (κ1) is 8.95. The molecule has 2 heteroatoms. The Balaban J connectivity index is 2.37. The highest BCUT2D eigenvalue weighted by atomic mass is 16.3. The van der Waals surface area contributed by atoms with Crippen molar-refractivity contribution in [2.45, 2.75) is 44.6 Å². The molecule has 0 heterocycles. The molecule has 0 radical (unpaired) electrons. The number of fused-ring (bicyclic) bond motifs is 1. The highest BCUT2D eigenvalue weighted by molar-refractivity contribution is 5.81. The van der Waals surface area contributed by atoms with Gasteiger partial charge >= 0.3 is 0 Å². The maximum atomic E-state index is 11.3. The minimum absolute atomic E-state index is 0.194. The number of Topliss-reactive ketones (excluding diaryl/α,β-unsaturated/α-hetero) is 1. The van der Waals surface area contributed by atoms with Gasteiger partial charge in [0.15, 0.2) is 0 Å². The number of rotatable bonds is 0. The molecule has 0 aromatic rings. The molecule has 2 saturated carbocycles. The fraction of sp³-hybridized carbons (Fsp3) is 0.727. The van der Waals surface area contributed by atoms with Gasteiger partial charge in [0.05, 0.1) is 5.60 Å². The molecule has 0 aromatic heterocycles. The lowest BCUT2D eigenvalue weighted by Crippen LogP contribution is -2.47. The fourth-order valence-corrected chi connectivity index (χ4v) is 2.74. The van der Waals surface area contributed by atoms with Crippen LogP contribution in [0.2, 0.25) is 0 Å². The summed E-state index contributed by atoms with van der Waals surface area (Å²) in [5.41, 5.74) is 0.155. The molecule has 0 spiro atoms. The highest BCUT2D eigenvalue weighted by Gasteiger charge is 2.55. The van der Waals surface area contributed by atoms with Crippen molar-refractivity contribution >= 4 is 5.78 Å². The molecule has 2 rings (SSSR count). The Hall–Kier alpha value is -0.630. The predicted octanol–water partition coefficient (Wildman–Crippen LogP) is 1.83. The lowest BCUT2D eigenvalue weighted by Gasteiger charge is -2.43. The van der Waals surface area contributed by atoms with E-state index in [1.807, 2.05) is 0 Å². The molecule has 2 atom stereocenters. The second-order valence-corrected chi connectivity index (χ2v) is 4.68. The summed E-state index contributed by atoms with van der Waals surface area (Å²) in [6.07, 6.45) is 3.32. The first-order chi connectivity index (χ1) is 5.98. The van der Waals surface area contributed by atoms with E-state index < -0.39 is 5.60 Å². The lowest BCUT2D eigenvalue weighted by molar-refractivity contribution is -0.136. The van der Waals surface area contributed by atoms with Crippen molar-refractivity contribution in [3.8, 4) is 0 Å². The summed E-state index contributed by atoms with van der Waals surface area (Å²) < 4.78 is 0.